The average molecular weight is 217 g/mol. The minimum Gasteiger partial charge on any atom is -0.493 e. The van der Waals surface area contributed by atoms with Gasteiger partial charge in [0.1, 0.15) is 5.75 Å². The summed E-state index contributed by atoms with van der Waals surface area (Å²) in [5.74, 6) is 2.04. The Balaban J connectivity index is 1.76. The van der Waals surface area contributed by atoms with E-state index < -0.39 is 0 Å². The summed E-state index contributed by atoms with van der Waals surface area (Å²) in [7, 11) is 0. The first-order valence-electron chi connectivity index (χ1n) is 6.38. The van der Waals surface area contributed by atoms with Gasteiger partial charge in [0.2, 0.25) is 0 Å². The Hall–Kier alpha value is -1.02. The minimum atomic E-state index is 0.844. The summed E-state index contributed by atoms with van der Waals surface area (Å²) in [6, 6.07) is 6.63. The number of fused-ring (bicyclic) bond motifs is 1. The summed E-state index contributed by atoms with van der Waals surface area (Å²) in [6.45, 7) is 3.24. The number of hydrogen-bond donors (Lipinski definition) is 1. The number of piperidine rings is 1. The molecule has 3 rings (SSSR count). The molecule has 1 fully saturated rings. The quantitative estimate of drug-likeness (QED) is 0.819. The van der Waals surface area contributed by atoms with E-state index in [2.05, 4.69) is 23.5 Å². The van der Waals surface area contributed by atoms with Gasteiger partial charge in [-0.25, -0.2) is 0 Å². The van der Waals surface area contributed by atoms with Gasteiger partial charge in [0.15, 0.2) is 0 Å². The van der Waals surface area contributed by atoms with Crippen LogP contribution in [0.4, 0.5) is 0 Å². The van der Waals surface area contributed by atoms with Crippen molar-refractivity contribution in [3.63, 3.8) is 0 Å². The van der Waals surface area contributed by atoms with Gasteiger partial charge in [-0.15, -0.1) is 0 Å². The third-order valence-electron chi connectivity index (χ3n) is 3.76. The van der Waals surface area contributed by atoms with Gasteiger partial charge >= 0.3 is 0 Å². The van der Waals surface area contributed by atoms with Crippen molar-refractivity contribution in [1.29, 1.82) is 0 Å². The molecule has 0 amide bonds. The molecule has 0 aliphatic carbocycles. The van der Waals surface area contributed by atoms with E-state index >= 15 is 0 Å². The molecule has 2 nitrogen and oxygen atoms in total. The van der Waals surface area contributed by atoms with E-state index in [0.29, 0.717) is 0 Å². The summed E-state index contributed by atoms with van der Waals surface area (Å²) in [5.41, 5.74) is 2.84. The van der Waals surface area contributed by atoms with Gasteiger partial charge in [-0.3, -0.25) is 0 Å². The van der Waals surface area contributed by atoms with Gasteiger partial charge in [-0.2, -0.15) is 0 Å². The van der Waals surface area contributed by atoms with Crippen LogP contribution in [-0.2, 0) is 12.8 Å². The predicted octanol–water partition coefficient (Wildman–Crippen LogP) is 2.16. The van der Waals surface area contributed by atoms with Gasteiger partial charge in [0, 0.05) is 6.42 Å². The zero-order chi connectivity index (χ0) is 10.8. The number of benzene rings is 1. The van der Waals surface area contributed by atoms with Crippen LogP contribution in [-0.4, -0.2) is 19.7 Å². The van der Waals surface area contributed by atoms with E-state index in [1.807, 2.05) is 0 Å². The fourth-order valence-corrected chi connectivity index (χ4v) is 2.84. The van der Waals surface area contributed by atoms with Crippen LogP contribution in [0.15, 0.2) is 18.2 Å². The van der Waals surface area contributed by atoms with Gasteiger partial charge in [-0.05, 0) is 49.4 Å². The fourth-order valence-electron chi connectivity index (χ4n) is 2.84. The van der Waals surface area contributed by atoms with E-state index in [-0.39, 0.29) is 0 Å². The van der Waals surface area contributed by atoms with Crippen molar-refractivity contribution in [3.8, 4) is 5.75 Å². The molecule has 2 aliphatic rings. The summed E-state index contributed by atoms with van der Waals surface area (Å²) in [5, 5.41) is 3.42. The first kappa shape index (κ1) is 10.2. The van der Waals surface area contributed by atoms with Crippen LogP contribution in [0.5, 0.6) is 5.75 Å². The van der Waals surface area contributed by atoms with Crippen molar-refractivity contribution in [2.45, 2.75) is 25.7 Å². The van der Waals surface area contributed by atoms with E-state index in [1.54, 1.807) is 0 Å². The maximum absolute atomic E-state index is 5.76. The molecule has 0 saturated carbocycles. The topological polar surface area (TPSA) is 21.3 Å². The van der Waals surface area contributed by atoms with Gasteiger partial charge in [0.25, 0.3) is 0 Å². The maximum Gasteiger partial charge on any atom is 0.125 e. The largest absolute Gasteiger partial charge is 0.493 e. The Morgan fingerprint density at radius 1 is 1.25 bits per heavy atom. The normalized spacial score (nSPS) is 20.5. The van der Waals surface area contributed by atoms with Gasteiger partial charge < -0.3 is 10.1 Å². The third-order valence-corrected chi connectivity index (χ3v) is 3.76. The summed E-state index contributed by atoms with van der Waals surface area (Å²) < 4.78 is 5.76. The summed E-state index contributed by atoms with van der Waals surface area (Å²) >= 11 is 0. The molecule has 86 valence electrons. The second-order valence-corrected chi connectivity index (χ2v) is 4.90. The summed E-state index contributed by atoms with van der Waals surface area (Å²) in [6.07, 6.45) is 4.91. The van der Waals surface area contributed by atoms with E-state index in [0.717, 1.165) is 18.9 Å². The Labute approximate surface area is 97.0 Å². The smallest absolute Gasteiger partial charge is 0.125 e. The molecule has 1 saturated heterocycles. The predicted molar refractivity (Wildman–Crippen MR) is 64.9 cm³/mol. The van der Waals surface area contributed by atoms with Crippen LogP contribution in [0, 0.1) is 5.92 Å². The molecule has 1 aromatic rings. The Bertz CT molecular complexity index is 369. The highest BCUT2D eigenvalue weighted by atomic mass is 16.5. The lowest BCUT2D eigenvalue weighted by Gasteiger charge is -2.23. The van der Waals surface area contributed by atoms with Crippen molar-refractivity contribution in [2.24, 2.45) is 5.92 Å². The highest BCUT2D eigenvalue weighted by Gasteiger charge is 2.19. The van der Waals surface area contributed by atoms with Crippen LogP contribution < -0.4 is 10.1 Å². The molecule has 1 aromatic carbocycles. The monoisotopic (exact) mass is 217 g/mol. The molecule has 2 aliphatic heterocycles. The Morgan fingerprint density at radius 2 is 2.12 bits per heavy atom. The van der Waals surface area contributed by atoms with Crippen LogP contribution in [0.2, 0.25) is 0 Å². The highest BCUT2D eigenvalue weighted by Crippen LogP contribution is 2.32. The molecule has 2 heteroatoms. The molecule has 2 heterocycles. The maximum atomic E-state index is 5.76. The lowest BCUT2D eigenvalue weighted by molar-refractivity contribution is 0.340. The van der Waals surface area contributed by atoms with Gasteiger partial charge in [-0.1, -0.05) is 18.2 Å². The van der Waals surface area contributed by atoms with Crippen molar-refractivity contribution in [1.82, 2.24) is 5.32 Å². The average Bonchev–Trinajstić information content (AvgIpc) is 2.80. The lowest BCUT2D eigenvalue weighted by Crippen LogP contribution is -2.28. The molecule has 1 N–H and O–H groups in total. The standard InChI is InChI=1S/C14H19NO/c1-2-12-6-9-16-14(12)13(3-1)10-11-4-7-15-8-5-11/h1-3,11,15H,4-10H2. The SMILES string of the molecule is c1cc2c(c(CC3CCNCC3)c1)OCC2. The Morgan fingerprint density at radius 3 is 3.00 bits per heavy atom. The lowest BCUT2D eigenvalue weighted by atomic mass is 9.90. The number of ether oxygens (including phenoxy) is 1. The second kappa shape index (κ2) is 4.46. The number of para-hydroxylation sites is 1. The Kier molecular flexibility index (Phi) is 2.83. The van der Waals surface area contributed by atoms with E-state index in [4.69, 9.17) is 4.74 Å². The van der Waals surface area contributed by atoms with Crippen LogP contribution in [0.25, 0.3) is 0 Å². The van der Waals surface area contributed by atoms with Gasteiger partial charge in [0.05, 0.1) is 6.61 Å². The third kappa shape index (κ3) is 1.94. The summed E-state index contributed by atoms with van der Waals surface area (Å²) in [4.78, 5) is 0. The number of rotatable bonds is 2. The van der Waals surface area contributed by atoms with Crippen molar-refractivity contribution >= 4 is 0 Å². The first-order chi connectivity index (χ1) is 7.93. The molecule has 0 bridgehead atoms. The second-order valence-electron chi connectivity index (χ2n) is 4.90. The zero-order valence-corrected chi connectivity index (χ0v) is 9.67. The van der Waals surface area contributed by atoms with Crippen LogP contribution in [0.3, 0.4) is 0 Å². The highest BCUT2D eigenvalue weighted by molar-refractivity contribution is 5.44. The molecule has 0 unspecified atom stereocenters. The van der Waals surface area contributed by atoms with Crippen molar-refractivity contribution in [2.75, 3.05) is 19.7 Å². The van der Waals surface area contributed by atoms with E-state index in [1.165, 1.54) is 49.2 Å². The van der Waals surface area contributed by atoms with Crippen LogP contribution >= 0.6 is 0 Å². The fraction of sp³-hybridized carbons (Fsp3) is 0.571. The number of nitrogens with one attached hydrogen (secondary N) is 1. The van der Waals surface area contributed by atoms with E-state index in [9.17, 15) is 0 Å². The van der Waals surface area contributed by atoms with Crippen molar-refractivity contribution in [3.05, 3.63) is 29.3 Å². The van der Waals surface area contributed by atoms with Crippen molar-refractivity contribution < 1.29 is 4.74 Å². The molecule has 0 spiro atoms. The molecular formula is C14H19NO. The molecule has 16 heavy (non-hydrogen) atoms. The molecule has 0 radical (unpaired) electrons. The molecular weight excluding hydrogens is 198 g/mol. The minimum absolute atomic E-state index is 0.844. The zero-order valence-electron chi connectivity index (χ0n) is 9.67. The number of hydrogen-bond acceptors (Lipinski definition) is 2. The molecule has 0 atom stereocenters. The first-order valence-corrected chi connectivity index (χ1v) is 6.38. The van der Waals surface area contributed by atoms with Crippen LogP contribution in [0.1, 0.15) is 24.0 Å². The molecule has 0 aromatic heterocycles.